The molecule has 2 heterocycles. The van der Waals surface area contributed by atoms with Crippen LogP contribution in [0.15, 0.2) is 53.3 Å². The minimum absolute atomic E-state index is 0.427. The Morgan fingerprint density at radius 2 is 2.10 bits per heavy atom. The highest BCUT2D eigenvalue weighted by atomic mass is 35.5. The molecule has 0 radical (unpaired) electrons. The molecule has 5 heteroatoms. The van der Waals surface area contributed by atoms with Crippen molar-refractivity contribution in [3.63, 3.8) is 0 Å². The highest BCUT2D eigenvalue weighted by Gasteiger charge is 2.07. The first-order chi connectivity index (χ1) is 10.3. The standard InChI is InChI=1S/C16H11ClN2O2/c17-13-6-12-8-18-19-14(12)7-16(13)21-9-10-1-2-11-3-4-20-15(11)5-10/h1-8H,9H2,(H,18,19). The second-order valence-corrected chi connectivity index (χ2v) is 5.23. The first-order valence-corrected chi connectivity index (χ1v) is 6.89. The zero-order valence-corrected chi connectivity index (χ0v) is 11.7. The van der Waals surface area contributed by atoms with E-state index in [0.29, 0.717) is 17.4 Å². The van der Waals surface area contributed by atoms with E-state index < -0.39 is 0 Å². The van der Waals surface area contributed by atoms with Crippen molar-refractivity contribution in [2.75, 3.05) is 0 Å². The number of benzene rings is 2. The van der Waals surface area contributed by atoms with Crippen LogP contribution in [0, 0.1) is 0 Å². The van der Waals surface area contributed by atoms with Crippen molar-refractivity contribution >= 4 is 33.5 Å². The predicted molar refractivity (Wildman–Crippen MR) is 81.6 cm³/mol. The number of nitrogens with zero attached hydrogens (tertiary/aromatic N) is 1. The lowest BCUT2D eigenvalue weighted by atomic mass is 10.2. The van der Waals surface area contributed by atoms with Crippen molar-refractivity contribution in [2.45, 2.75) is 6.61 Å². The average Bonchev–Trinajstić information content (AvgIpc) is 3.12. The molecule has 0 atom stereocenters. The highest BCUT2D eigenvalue weighted by Crippen LogP contribution is 2.30. The highest BCUT2D eigenvalue weighted by molar-refractivity contribution is 6.32. The number of hydrogen-bond donors (Lipinski definition) is 1. The predicted octanol–water partition coefficient (Wildman–Crippen LogP) is 4.54. The zero-order chi connectivity index (χ0) is 14.2. The number of rotatable bonds is 3. The van der Waals surface area contributed by atoms with Crippen molar-refractivity contribution in [3.8, 4) is 5.75 Å². The molecule has 104 valence electrons. The number of ether oxygens (including phenoxy) is 1. The van der Waals surface area contributed by atoms with E-state index in [1.165, 1.54) is 0 Å². The Morgan fingerprint density at radius 1 is 1.14 bits per heavy atom. The number of hydrogen-bond acceptors (Lipinski definition) is 3. The maximum atomic E-state index is 6.22. The van der Waals surface area contributed by atoms with Crippen molar-refractivity contribution in [1.82, 2.24) is 10.2 Å². The average molecular weight is 299 g/mol. The van der Waals surface area contributed by atoms with Gasteiger partial charge in [0.15, 0.2) is 0 Å². The van der Waals surface area contributed by atoms with Crippen LogP contribution in [0.25, 0.3) is 21.9 Å². The summed E-state index contributed by atoms with van der Waals surface area (Å²) in [5.74, 6) is 0.632. The lowest BCUT2D eigenvalue weighted by Gasteiger charge is -2.08. The van der Waals surface area contributed by atoms with Gasteiger partial charge in [0, 0.05) is 16.8 Å². The van der Waals surface area contributed by atoms with Gasteiger partial charge < -0.3 is 9.15 Å². The molecule has 4 nitrogen and oxygen atoms in total. The van der Waals surface area contributed by atoms with Crippen LogP contribution in [0.2, 0.25) is 5.02 Å². The zero-order valence-electron chi connectivity index (χ0n) is 11.0. The molecule has 0 aliphatic rings. The Hall–Kier alpha value is -2.46. The normalized spacial score (nSPS) is 11.3. The summed E-state index contributed by atoms with van der Waals surface area (Å²) in [6, 6.07) is 11.6. The van der Waals surface area contributed by atoms with Crippen molar-refractivity contribution in [1.29, 1.82) is 0 Å². The van der Waals surface area contributed by atoms with Gasteiger partial charge >= 0.3 is 0 Å². The Balaban J connectivity index is 1.60. The molecular formula is C16H11ClN2O2. The maximum Gasteiger partial charge on any atom is 0.140 e. The maximum absolute atomic E-state index is 6.22. The molecule has 2 aromatic heterocycles. The molecule has 0 amide bonds. The first-order valence-electron chi connectivity index (χ1n) is 6.51. The van der Waals surface area contributed by atoms with E-state index in [0.717, 1.165) is 27.4 Å². The van der Waals surface area contributed by atoms with E-state index in [-0.39, 0.29) is 0 Å². The van der Waals surface area contributed by atoms with E-state index in [1.807, 2.05) is 36.4 Å². The van der Waals surface area contributed by atoms with Gasteiger partial charge in [-0.05, 0) is 23.8 Å². The number of nitrogens with one attached hydrogen (secondary N) is 1. The Kier molecular flexibility index (Phi) is 2.82. The van der Waals surface area contributed by atoms with Crippen LogP contribution in [-0.4, -0.2) is 10.2 Å². The molecule has 0 spiro atoms. The molecule has 2 aromatic carbocycles. The second-order valence-electron chi connectivity index (χ2n) is 4.82. The van der Waals surface area contributed by atoms with Gasteiger partial charge in [-0.15, -0.1) is 0 Å². The Bertz CT molecular complexity index is 926. The van der Waals surface area contributed by atoms with E-state index >= 15 is 0 Å². The summed E-state index contributed by atoms with van der Waals surface area (Å²) in [5, 5.41) is 9.49. The summed E-state index contributed by atoms with van der Waals surface area (Å²) in [6.07, 6.45) is 3.41. The van der Waals surface area contributed by atoms with Crippen LogP contribution in [0.1, 0.15) is 5.56 Å². The molecule has 4 rings (SSSR count). The third kappa shape index (κ3) is 2.23. The molecule has 0 unspecified atom stereocenters. The van der Waals surface area contributed by atoms with Gasteiger partial charge in [-0.2, -0.15) is 5.10 Å². The van der Waals surface area contributed by atoms with E-state index in [1.54, 1.807) is 12.5 Å². The molecule has 1 N–H and O–H groups in total. The quantitative estimate of drug-likeness (QED) is 0.604. The monoisotopic (exact) mass is 298 g/mol. The van der Waals surface area contributed by atoms with Gasteiger partial charge in [-0.3, -0.25) is 5.10 Å². The van der Waals surface area contributed by atoms with Crippen LogP contribution in [0.4, 0.5) is 0 Å². The summed E-state index contributed by atoms with van der Waals surface area (Å²) in [4.78, 5) is 0. The van der Waals surface area contributed by atoms with Crippen LogP contribution < -0.4 is 4.74 Å². The molecule has 0 saturated carbocycles. The van der Waals surface area contributed by atoms with Crippen molar-refractivity contribution < 1.29 is 9.15 Å². The minimum Gasteiger partial charge on any atom is -0.487 e. The lowest BCUT2D eigenvalue weighted by molar-refractivity contribution is 0.307. The van der Waals surface area contributed by atoms with E-state index in [9.17, 15) is 0 Å². The number of fused-ring (bicyclic) bond motifs is 2. The van der Waals surface area contributed by atoms with Gasteiger partial charge in [-0.1, -0.05) is 23.7 Å². The molecule has 21 heavy (non-hydrogen) atoms. The fourth-order valence-corrected chi connectivity index (χ4v) is 2.53. The van der Waals surface area contributed by atoms with E-state index in [2.05, 4.69) is 10.2 Å². The molecule has 0 aliphatic heterocycles. The molecular weight excluding hydrogens is 288 g/mol. The number of furan rings is 1. The van der Waals surface area contributed by atoms with Crippen LogP contribution in [-0.2, 0) is 6.61 Å². The summed E-state index contributed by atoms with van der Waals surface area (Å²) in [6.45, 7) is 0.427. The van der Waals surface area contributed by atoms with Gasteiger partial charge in [0.05, 0.1) is 23.0 Å². The van der Waals surface area contributed by atoms with Gasteiger partial charge in [0.25, 0.3) is 0 Å². The third-order valence-electron chi connectivity index (χ3n) is 3.41. The number of aromatic nitrogens is 2. The van der Waals surface area contributed by atoms with Gasteiger partial charge in [-0.25, -0.2) is 0 Å². The first kappa shape index (κ1) is 12.3. The topological polar surface area (TPSA) is 51.0 Å². The number of aromatic amines is 1. The van der Waals surface area contributed by atoms with Gasteiger partial charge in [0.2, 0.25) is 0 Å². The van der Waals surface area contributed by atoms with E-state index in [4.69, 9.17) is 20.8 Å². The summed E-state index contributed by atoms with van der Waals surface area (Å²) in [5.41, 5.74) is 2.78. The summed E-state index contributed by atoms with van der Waals surface area (Å²) >= 11 is 6.22. The van der Waals surface area contributed by atoms with Crippen molar-refractivity contribution in [3.05, 3.63) is 59.4 Å². The van der Waals surface area contributed by atoms with Crippen molar-refractivity contribution in [2.24, 2.45) is 0 Å². The minimum atomic E-state index is 0.427. The Labute approximate surface area is 125 Å². The van der Waals surface area contributed by atoms with Crippen LogP contribution >= 0.6 is 11.6 Å². The lowest BCUT2D eigenvalue weighted by Crippen LogP contribution is -1.95. The number of H-pyrrole nitrogens is 1. The molecule has 4 aromatic rings. The smallest absolute Gasteiger partial charge is 0.140 e. The SMILES string of the molecule is Clc1cc2cn[nH]c2cc1OCc1ccc2ccoc2c1. The molecule has 0 bridgehead atoms. The second kappa shape index (κ2) is 4.82. The number of halogens is 1. The third-order valence-corrected chi connectivity index (χ3v) is 3.70. The van der Waals surface area contributed by atoms with Crippen LogP contribution in [0.3, 0.4) is 0 Å². The molecule has 0 fully saturated rings. The summed E-state index contributed by atoms with van der Waals surface area (Å²) in [7, 11) is 0. The fourth-order valence-electron chi connectivity index (χ4n) is 2.30. The summed E-state index contributed by atoms with van der Waals surface area (Å²) < 4.78 is 11.2. The largest absolute Gasteiger partial charge is 0.487 e. The molecule has 0 saturated heterocycles. The van der Waals surface area contributed by atoms with Crippen LogP contribution in [0.5, 0.6) is 5.75 Å². The Morgan fingerprint density at radius 3 is 3.05 bits per heavy atom. The van der Waals surface area contributed by atoms with Gasteiger partial charge in [0.1, 0.15) is 17.9 Å². The fraction of sp³-hybridized carbons (Fsp3) is 0.0625. The molecule has 0 aliphatic carbocycles.